The number of esters is 4. The molecule has 9 heteroatoms. The van der Waals surface area contributed by atoms with E-state index in [1.165, 1.54) is 13.8 Å². The number of ether oxygens (including phenoxy) is 5. The lowest BCUT2D eigenvalue weighted by atomic mass is 9.97. The van der Waals surface area contributed by atoms with E-state index in [0.717, 1.165) is 0 Å². The summed E-state index contributed by atoms with van der Waals surface area (Å²) in [5.41, 5.74) is 2.60. The van der Waals surface area contributed by atoms with Crippen LogP contribution < -0.4 is 4.74 Å². The van der Waals surface area contributed by atoms with Crippen molar-refractivity contribution in [3.05, 3.63) is 96.6 Å². The molecular weight excluding hydrogens is 516 g/mol. The Morgan fingerprint density at radius 2 is 1.12 bits per heavy atom. The van der Waals surface area contributed by atoms with Crippen molar-refractivity contribution in [1.29, 1.82) is 0 Å². The first-order chi connectivity index (χ1) is 18.9. The zero-order valence-electron chi connectivity index (χ0n) is 22.9. The van der Waals surface area contributed by atoms with E-state index >= 15 is 0 Å². The van der Waals surface area contributed by atoms with Gasteiger partial charge in [0.25, 0.3) is 0 Å². The molecule has 0 aromatic heterocycles. The van der Waals surface area contributed by atoms with E-state index in [0.29, 0.717) is 22.4 Å². The Hall–Kier alpha value is -4.92. The fourth-order valence-corrected chi connectivity index (χ4v) is 3.01. The average molecular weight is 549 g/mol. The number of hydrogen-bond acceptors (Lipinski definition) is 9. The van der Waals surface area contributed by atoms with Crippen LogP contribution in [0.15, 0.2) is 85.5 Å². The lowest BCUT2D eigenvalue weighted by Crippen LogP contribution is -2.15. The normalized spacial score (nSPS) is 10.1. The number of hydrogen-bond donors (Lipinski definition) is 0. The van der Waals surface area contributed by atoms with Crippen molar-refractivity contribution in [3.63, 3.8) is 0 Å². The highest BCUT2D eigenvalue weighted by atomic mass is 16.6. The summed E-state index contributed by atoms with van der Waals surface area (Å²) < 4.78 is 26.1. The molecule has 0 amide bonds. The molecule has 0 N–H and O–H groups in total. The molecule has 0 spiro atoms. The van der Waals surface area contributed by atoms with Gasteiger partial charge in [0.05, 0.1) is 5.56 Å². The third-order valence-corrected chi connectivity index (χ3v) is 5.13. The Morgan fingerprint density at radius 3 is 1.65 bits per heavy atom. The predicted octanol–water partition coefficient (Wildman–Crippen LogP) is 5.22. The van der Waals surface area contributed by atoms with Crippen molar-refractivity contribution in [2.45, 2.75) is 20.8 Å². The Bertz CT molecular complexity index is 1330. The van der Waals surface area contributed by atoms with Crippen LogP contribution in [0.25, 0.3) is 16.9 Å². The summed E-state index contributed by atoms with van der Waals surface area (Å²) in [6.45, 7) is 18.8. The molecule has 0 aliphatic carbocycles. The van der Waals surface area contributed by atoms with E-state index in [4.69, 9.17) is 23.7 Å². The highest BCUT2D eigenvalue weighted by Gasteiger charge is 2.18. The quantitative estimate of drug-likeness (QED) is 0.0783. The third-order valence-electron chi connectivity index (χ3n) is 5.13. The van der Waals surface area contributed by atoms with E-state index in [2.05, 4.69) is 26.3 Å². The van der Waals surface area contributed by atoms with Gasteiger partial charge < -0.3 is 23.7 Å². The molecule has 0 atom stereocenters. The molecule has 210 valence electrons. The van der Waals surface area contributed by atoms with E-state index in [1.807, 2.05) is 0 Å². The van der Waals surface area contributed by atoms with Crippen LogP contribution in [-0.4, -0.2) is 50.3 Å². The van der Waals surface area contributed by atoms with Crippen molar-refractivity contribution < 1.29 is 42.9 Å². The maximum Gasteiger partial charge on any atom is 0.338 e. The van der Waals surface area contributed by atoms with Gasteiger partial charge in [-0.1, -0.05) is 50.6 Å². The van der Waals surface area contributed by atoms with Crippen LogP contribution in [0.5, 0.6) is 5.75 Å². The second kappa shape index (κ2) is 14.9. The van der Waals surface area contributed by atoms with E-state index in [9.17, 15) is 19.2 Å². The molecule has 40 heavy (non-hydrogen) atoms. The average Bonchev–Trinajstić information content (AvgIpc) is 2.92. The van der Waals surface area contributed by atoms with Gasteiger partial charge in [-0.3, -0.25) is 0 Å². The monoisotopic (exact) mass is 548 g/mol. The molecule has 0 fully saturated rings. The van der Waals surface area contributed by atoms with Crippen LogP contribution in [0, 0.1) is 0 Å². The van der Waals surface area contributed by atoms with Gasteiger partial charge in [-0.05, 0) is 50.1 Å². The topological polar surface area (TPSA) is 114 Å². The zero-order valence-corrected chi connectivity index (χ0v) is 22.9. The summed E-state index contributed by atoms with van der Waals surface area (Å²) in [5, 5.41) is 0. The second-order valence-electron chi connectivity index (χ2n) is 8.69. The number of benzene rings is 2. The number of rotatable bonds is 14. The highest BCUT2D eigenvalue weighted by molar-refractivity contribution is 5.98. The second-order valence-corrected chi connectivity index (χ2v) is 8.69. The number of carbonyl (C=O) groups is 4. The van der Waals surface area contributed by atoms with Gasteiger partial charge in [0.1, 0.15) is 37.9 Å². The molecule has 0 heterocycles. The Balaban J connectivity index is 2.24. The minimum atomic E-state index is -0.677. The molecule has 9 nitrogen and oxygen atoms in total. The Labute approximate surface area is 233 Å². The SMILES string of the molecule is C=C(C)C(=O)OCCOC(=C)c1ccc(-c2ccc(OC(=O)C(=C)C)cc2)c(C(=O)OCCOC(=O)C(=C)C)c1. The van der Waals surface area contributed by atoms with E-state index in [-0.39, 0.29) is 54.5 Å². The molecule has 0 aliphatic rings. The number of carbonyl (C=O) groups excluding carboxylic acids is 4. The lowest BCUT2D eigenvalue weighted by Gasteiger charge is -2.15. The Morgan fingerprint density at radius 1 is 0.625 bits per heavy atom. The molecule has 0 saturated heterocycles. The van der Waals surface area contributed by atoms with Crippen molar-refractivity contribution in [2.24, 2.45) is 0 Å². The molecule has 2 rings (SSSR count). The minimum Gasteiger partial charge on any atom is -0.490 e. The lowest BCUT2D eigenvalue weighted by molar-refractivity contribution is -0.140. The van der Waals surface area contributed by atoms with Gasteiger partial charge >= 0.3 is 23.9 Å². The Kier molecular flexibility index (Phi) is 11.6. The molecule has 0 bridgehead atoms. The molecule has 0 saturated carbocycles. The molecule has 0 radical (unpaired) electrons. The van der Waals surface area contributed by atoms with Crippen molar-refractivity contribution in [2.75, 3.05) is 26.4 Å². The first-order valence-electron chi connectivity index (χ1n) is 12.2. The fourth-order valence-electron chi connectivity index (χ4n) is 3.01. The zero-order chi connectivity index (χ0) is 29.8. The first kappa shape index (κ1) is 31.3. The van der Waals surface area contributed by atoms with Gasteiger partial charge in [0, 0.05) is 22.3 Å². The van der Waals surface area contributed by atoms with E-state index < -0.39 is 23.9 Å². The maximum atomic E-state index is 13.1. The van der Waals surface area contributed by atoms with Crippen molar-refractivity contribution >= 4 is 29.6 Å². The maximum absolute atomic E-state index is 13.1. The van der Waals surface area contributed by atoms with Gasteiger partial charge in [-0.15, -0.1) is 0 Å². The minimum absolute atomic E-state index is 0.0110. The molecular formula is C31H32O9. The van der Waals surface area contributed by atoms with Gasteiger partial charge in [0.2, 0.25) is 0 Å². The van der Waals surface area contributed by atoms with Crippen LogP contribution in [0.2, 0.25) is 0 Å². The first-order valence-corrected chi connectivity index (χ1v) is 12.2. The van der Waals surface area contributed by atoms with Crippen molar-refractivity contribution in [3.8, 4) is 16.9 Å². The third kappa shape index (κ3) is 9.43. The molecule has 0 unspecified atom stereocenters. The van der Waals surface area contributed by atoms with Gasteiger partial charge in [0.15, 0.2) is 0 Å². The predicted molar refractivity (Wildman–Crippen MR) is 149 cm³/mol. The van der Waals surface area contributed by atoms with Crippen LogP contribution >= 0.6 is 0 Å². The molecule has 2 aromatic carbocycles. The largest absolute Gasteiger partial charge is 0.490 e. The molecule has 0 aliphatic heterocycles. The summed E-state index contributed by atoms with van der Waals surface area (Å²) >= 11 is 0. The van der Waals surface area contributed by atoms with Gasteiger partial charge in [-0.25, -0.2) is 19.2 Å². The van der Waals surface area contributed by atoms with Gasteiger partial charge in [-0.2, -0.15) is 0 Å². The highest BCUT2D eigenvalue weighted by Crippen LogP contribution is 2.29. The smallest absolute Gasteiger partial charge is 0.338 e. The summed E-state index contributed by atoms with van der Waals surface area (Å²) in [6, 6.07) is 11.5. The summed E-state index contributed by atoms with van der Waals surface area (Å²) in [5.74, 6) is -1.80. The van der Waals surface area contributed by atoms with Crippen LogP contribution in [0.4, 0.5) is 0 Å². The molecule has 2 aromatic rings. The van der Waals surface area contributed by atoms with Crippen LogP contribution in [0.1, 0.15) is 36.7 Å². The fraction of sp³-hybridized carbons (Fsp3) is 0.226. The standard InChI is InChI=1S/C31H32O9/c1-19(2)28(32)37-15-14-36-22(7)24-10-13-26(23-8-11-25(12-9-23)40-30(34)21(5)6)27(18-24)31(35)39-17-16-38-29(33)20(3)4/h8-13,18H,1,3,5,7,14-17H2,2,4,6H3. The van der Waals surface area contributed by atoms with Crippen LogP contribution in [-0.2, 0) is 33.3 Å². The summed E-state index contributed by atoms with van der Waals surface area (Å²) in [4.78, 5) is 48.0. The van der Waals surface area contributed by atoms with Crippen LogP contribution in [0.3, 0.4) is 0 Å². The van der Waals surface area contributed by atoms with Crippen molar-refractivity contribution in [1.82, 2.24) is 0 Å². The summed E-state index contributed by atoms with van der Waals surface area (Å²) in [7, 11) is 0. The van der Waals surface area contributed by atoms with E-state index in [1.54, 1.807) is 49.4 Å². The summed E-state index contributed by atoms with van der Waals surface area (Å²) in [6.07, 6.45) is 0.